The fourth-order valence-electron chi connectivity index (χ4n) is 6.48. The van der Waals surface area contributed by atoms with E-state index in [1.807, 2.05) is 37.0 Å². The second-order valence-corrected chi connectivity index (χ2v) is 10.7. The Hall–Kier alpha value is -3.02. The maximum absolute atomic E-state index is 9.98. The highest BCUT2D eigenvalue weighted by molar-refractivity contribution is 5.84. The number of hydrogen-bond acceptors (Lipinski definition) is 7. The molecule has 0 radical (unpaired) electrons. The van der Waals surface area contributed by atoms with E-state index in [4.69, 9.17) is 4.74 Å². The highest BCUT2D eigenvalue weighted by Crippen LogP contribution is 2.40. The Morgan fingerprint density at radius 2 is 1.91 bits per heavy atom. The van der Waals surface area contributed by atoms with Gasteiger partial charge in [-0.2, -0.15) is 10.4 Å². The van der Waals surface area contributed by atoms with E-state index in [1.54, 1.807) is 0 Å². The maximum atomic E-state index is 9.98. The van der Waals surface area contributed by atoms with E-state index in [0.29, 0.717) is 17.4 Å². The first-order valence-corrected chi connectivity index (χ1v) is 12.8. The Labute approximate surface area is 206 Å². The van der Waals surface area contributed by atoms with Gasteiger partial charge in [-0.05, 0) is 68.1 Å². The fraction of sp³-hybridized carbons (Fsp3) is 0.556. The molecule has 8 nitrogen and oxygen atoms in total. The topological polar surface area (TPSA) is 91.9 Å². The molecule has 2 aromatic heterocycles. The van der Waals surface area contributed by atoms with Crippen molar-refractivity contribution in [2.45, 2.75) is 38.6 Å². The zero-order valence-electron chi connectivity index (χ0n) is 20.6. The van der Waals surface area contributed by atoms with Gasteiger partial charge in [0.1, 0.15) is 11.6 Å². The highest BCUT2D eigenvalue weighted by Gasteiger charge is 2.41. The van der Waals surface area contributed by atoms with Crippen molar-refractivity contribution in [1.82, 2.24) is 24.9 Å². The molecule has 1 unspecified atom stereocenters. The van der Waals surface area contributed by atoms with E-state index >= 15 is 0 Å². The SMILES string of the molecule is Cc1c(-c2ccc3nn(C)cc3c2)nnc(NC2C[C@@H]3CN(CC4CCOCC4)C[C@@H]3C2)c1C#N. The third-order valence-corrected chi connectivity index (χ3v) is 8.25. The first-order chi connectivity index (χ1) is 17.1. The smallest absolute Gasteiger partial charge is 0.167 e. The number of nitrogens with zero attached hydrogens (tertiary/aromatic N) is 6. The minimum atomic E-state index is 0.355. The van der Waals surface area contributed by atoms with Gasteiger partial charge in [0.2, 0.25) is 0 Å². The summed E-state index contributed by atoms with van der Waals surface area (Å²) in [5.74, 6) is 2.89. The average molecular weight is 472 g/mol. The van der Waals surface area contributed by atoms with Gasteiger partial charge in [0, 0.05) is 63.1 Å². The van der Waals surface area contributed by atoms with E-state index in [9.17, 15) is 5.26 Å². The second-order valence-electron chi connectivity index (χ2n) is 10.7. The first-order valence-electron chi connectivity index (χ1n) is 12.8. The molecule has 1 saturated carbocycles. The molecule has 3 aliphatic rings. The van der Waals surface area contributed by atoms with Crippen LogP contribution in [0.25, 0.3) is 22.2 Å². The van der Waals surface area contributed by atoms with Crippen LogP contribution in [0, 0.1) is 36.0 Å². The number of fused-ring (bicyclic) bond motifs is 2. The number of rotatable bonds is 5. The van der Waals surface area contributed by atoms with Gasteiger partial charge < -0.3 is 15.0 Å². The van der Waals surface area contributed by atoms with Crippen molar-refractivity contribution >= 4 is 16.7 Å². The predicted octanol–water partition coefficient (Wildman–Crippen LogP) is 3.76. The Balaban J connectivity index is 1.13. The Bertz CT molecular complexity index is 1260. The summed E-state index contributed by atoms with van der Waals surface area (Å²) in [6.07, 6.45) is 6.68. The molecular formula is C27H33N7O. The van der Waals surface area contributed by atoms with Gasteiger partial charge in [-0.1, -0.05) is 6.07 Å². The number of benzene rings is 1. The van der Waals surface area contributed by atoms with Gasteiger partial charge in [-0.15, -0.1) is 10.2 Å². The zero-order valence-corrected chi connectivity index (χ0v) is 20.6. The lowest BCUT2D eigenvalue weighted by atomic mass is 10.00. The van der Waals surface area contributed by atoms with Crippen LogP contribution in [-0.2, 0) is 11.8 Å². The van der Waals surface area contributed by atoms with Gasteiger partial charge in [0.25, 0.3) is 0 Å². The minimum absolute atomic E-state index is 0.355. The lowest BCUT2D eigenvalue weighted by molar-refractivity contribution is 0.0545. The lowest BCUT2D eigenvalue weighted by Gasteiger charge is -2.27. The molecular weight excluding hydrogens is 438 g/mol. The predicted molar refractivity (Wildman–Crippen MR) is 135 cm³/mol. The summed E-state index contributed by atoms with van der Waals surface area (Å²) in [6, 6.07) is 8.81. The molecule has 35 heavy (non-hydrogen) atoms. The summed E-state index contributed by atoms with van der Waals surface area (Å²) in [5.41, 5.74) is 4.12. The molecule has 1 aromatic carbocycles. The minimum Gasteiger partial charge on any atom is -0.381 e. The van der Waals surface area contributed by atoms with Crippen molar-refractivity contribution in [3.8, 4) is 17.3 Å². The number of likely N-dealkylation sites (tertiary alicyclic amines) is 1. The van der Waals surface area contributed by atoms with E-state index in [-0.39, 0.29) is 0 Å². The highest BCUT2D eigenvalue weighted by atomic mass is 16.5. The van der Waals surface area contributed by atoms with E-state index in [1.165, 1.54) is 32.5 Å². The number of aromatic nitrogens is 4. The molecule has 3 atom stereocenters. The van der Waals surface area contributed by atoms with Crippen molar-refractivity contribution in [1.29, 1.82) is 5.26 Å². The molecule has 2 saturated heterocycles. The zero-order chi connectivity index (χ0) is 23.9. The van der Waals surface area contributed by atoms with Crippen molar-refractivity contribution < 1.29 is 4.74 Å². The molecule has 0 amide bonds. The number of nitriles is 1. The average Bonchev–Trinajstić information content (AvgIpc) is 3.51. The van der Waals surface area contributed by atoms with E-state index in [2.05, 4.69) is 37.6 Å². The third kappa shape index (κ3) is 4.39. The Morgan fingerprint density at radius 1 is 1.14 bits per heavy atom. The monoisotopic (exact) mass is 471 g/mol. The maximum Gasteiger partial charge on any atom is 0.167 e. The number of ether oxygens (including phenoxy) is 1. The first kappa shape index (κ1) is 22.4. The molecule has 2 aliphatic heterocycles. The molecule has 182 valence electrons. The van der Waals surface area contributed by atoms with Crippen LogP contribution in [-0.4, -0.2) is 63.8 Å². The van der Waals surface area contributed by atoms with Gasteiger partial charge in [0.15, 0.2) is 5.82 Å². The van der Waals surface area contributed by atoms with Crippen LogP contribution in [0.15, 0.2) is 24.4 Å². The van der Waals surface area contributed by atoms with Crippen LogP contribution in [0.2, 0.25) is 0 Å². The quantitative estimate of drug-likeness (QED) is 0.606. The summed E-state index contributed by atoms with van der Waals surface area (Å²) in [7, 11) is 1.92. The van der Waals surface area contributed by atoms with Crippen molar-refractivity contribution in [3.05, 3.63) is 35.5 Å². The molecule has 4 heterocycles. The summed E-state index contributed by atoms with van der Waals surface area (Å²) in [4.78, 5) is 2.68. The number of hydrogen-bond donors (Lipinski definition) is 1. The van der Waals surface area contributed by atoms with Crippen molar-refractivity contribution in [2.24, 2.45) is 24.8 Å². The summed E-state index contributed by atoms with van der Waals surface area (Å²) < 4.78 is 7.33. The molecule has 1 N–H and O–H groups in total. The number of nitrogens with one attached hydrogen (secondary N) is 1. The van der Waals surface area contributed by atoms with Crippen LogP contribution in [0.4, 0.5) is 5.82 Å². The van der Waals surface area contributed by atoms with E-state index < -0.39 is 0 Å². The van der Waals surface area contributed by atoms with Crippen LogP contribution in [0.3, 0.4) is 0 Å². The summed E-state index contributed by atoms with van der Waals surface area (Å²) in [6.45, 7) is 7.45. The number of aryl methyl sites for hydroxylation is 1. The van der Waals surface area contributed by atoms with Crippen molar-refractivity contribution in [2.75, 3.05) is 38.2 Å². The lowest BCUT2D eigenvalue weighted by Crippen LogP contribution is -2.32. The second kappa shape index (κ2) is 9.21. The molecule has 1 aliphatic carbocycles. The molecule has 6 rings (SSSR count). The Morgan fingerprint density at radius 3 is 2.66 bits per heavy atom. The van der Waals surface area contributed by atoms with Crippen LogP contribution in [0.5, 0.6) is 0 Å². The molecule has 3 aromatic rings. The molecule has 8 heteroatoms. The largest absolute Gasteiger partial charge is 0.381 e. The van der Waals surface area contributed by atoms with Crippen LogP contribution in [0.1, 0.15) is 36.8 Å². The van der Waals surface area contributed by atoms with Gasteiger partial charge in [-0.3, -0.25) is 4.68 Å². The molecule has 3 fully saturated rings. The molecule has 0 spiro atoms. The summed E-state index contributed by atoms with van der Waals surface area (Å²) >= 11 is 0. The fourth-order valence-corrected chi connectivity index (χ4v) is 6.48. The summed E-state index contributed by atoms with van der Waals surface area (Å²) in [5, 5.41) is 28.1. The van der Waals surface area contributed by atoms with Crippen LogP contribution >= 0.6 is 0 Å². The molecule has 0 bridgehead atoms. The van der Waals surface area contributed by atoms with Gasteiger partial charge >= 0.3 is 0 Å². The number of anilines is 1. The van der Waals surface area contributed by atoms with Crippen LogP contribution < -0.4 is 5.32 Å². The van der Waals surface area contributed by atoms with Crippen molar-refractivity contribution in [3.63, 3.8) is 0 Å². The standard InChI is InChI=1S/C27H33N7O/c1-17-24(12-28)27(31-30-26(17)19-3-4-25-22(9-19)14-33(2)32-25)29-23-10-20-15-34(16-21(20)11-23)13-18-5-7-35-8-6-18/h3-4,9,14,18,20-21,23H,5-8,10-11,13,15-16H2,1-2H3,(H,29,31)/t20-,21+,23?. The van der Waals surface area contributed by atoms with Gasteiger partial charge in [0.05, 0.1) is 11.2 Å². The normalized spacial score (nSPS) is 25.1. The Kier molecular flexibility index (Phi) is 5.91. The van der Waals surface area contributed by atoms with E-state index in [0.717, 1.165) is 71.5 Å². The third-order valence-electron chi connectivity index (χ3n) is 8.25. The van der Waals surface area contributed by atoms with Gasteiger partial charge in [-0.25, -0.2) is 0 Å².